The van der Waals surface area contributed by atoms with Crippen LogP contribution in [0, 0.1) is 0 Å². The van der Waals surface area contributed by atoms with Crippen LogP contribution in [0.2, 0.25) is 5.02 Å². The molecule has 0 radical (unpaired) electrons. The zero-order chi connectivity index (χ0) is 12.3. The van der Waals surface area contributed by atoms with Crippen LogP contribution < -0.4 is 15.2 Å². The molecule has 18 heavy (non-hydrogen) atoms. The normalized spacial score (nSPS) is 9.44. The highest BCUT2D eigenvalue weighted by molar-refractivity contribution is 6.30. The lowest BCUT2D eigenvalue weighted by molar-refractivity contribution is 0.379. The summed E-state index contributed by atoms with van der Waals surface area (Å²) in [5, 5.41) is 0.579. The number of nitrogens with two attached hydrogens (primary N) is 1. The minimum atomic E-state index is 0. The van der Waals surface area contributed by atoms with Crippen LogP contribution in [0.5, 0.6) is 17.2 Å². The Bertz CT molecular complexity index is 532. The van der Waals surface area contributed by atoms with Crippen molar-refractivity contribution in [3.8, 4) is 17.2 Å². The number of hydrogen-bond acceptors (Lipinski definition) is 3. The smallest absolute Gasteiger partial charge is 0.169 e. The fraction of sp³-hybridized carbons (Fsp3) is 0.0769. The summed E-state index contributed by atoms with van der Waals surface area (Å²) in [6.45, 7) is 0. The number of halogens is 2. The summed E-state index contributed by atoms with van der Waals surface area (Å²) in [7, 11) is 1.59. The minimum absolute atomic E-state index is 0. The fourth-order valence-electron chi connectivity index (χ4n) is 1.43. The summed E-state index contributed by atoms with van der Waals surface area (Å²) in [6.07, 6.45) is 0. The van der Waals surface area contributed by atoms with Crippen molar-refractivity contribution in [3.05, 3.63) is 47.5 Å². The van der Waals surface area contributed by atoms with E-state index < -0.39 is 0 Å². The second kappa shape index (κ2) is 6.38. The molecule has 0 saturated heterocycles. The summed E-state index contributed by atoms with van der Waals surface area (Å²) >= 11 is 5.82. The highest BCUT2D eigenvalue weighted by Gasteiger charge is 2.07. The Morgan fingerprint density at radius 1 is 1.00 bits per heavy atom. The summed E-state index contributed by atoms with van der Waals surface area (Å²) in [5.41, 5.74) is 6.30. The summed E-state index contributed by atoms with van der Waals surface area (Å²) < 4.78 is 10.9. The monoisotopic (exact) mass is 285 g/mol. The Balaban J connectivity index is 0.00000162. The van der Waals surface area contributed by atoms with Gasteiger partial charge in [-0.25, -0.2) is 0 Å². The lowest BCUT2D eigenvalue weighted by Crippen LogP contribution is -1.94. The first-order valence-corrected chi connectivity index (χ1v) is 5.44. The van der Waals surface area contributed by atoms with E-state index in [4.69, 9.17) is 26.8 Å². The molecule has 5 heteroatoms. The number of benzene rings is 2. The van der Waals surface area contributed by atoms with Gasteiger partial charge in [0.15, 0.2) is 17.2 Å². The van der Waals surface area contributed by atoms with Crippen molar-refractivity contribution in [2.75, 3.05) is 12.8 Å². The average molecular weight is 286 g/mol. The summed E-state index contributed by atoms with van der Waals surface area (Å²) in [5.74, 6) is 1.82. The Morgan fingerprint density at radius 3 is 2.28 bits per heavy atom. The van der Waals surface area contributed by atoms with E-state index in [-0.39, 0.29) is 12.4 Å². The number of rotatable bonds is 3. The van der Waals surface area contributed by atoms with Gasteiger partial charge in [0, 0.05) is 5.02 Å². The van der Waals surface area contributed by atoms with Crippen molar-refractivity contribution in [2.45, 2.75) is 0 Å². The van der Waals surface area contributed by atoms with E-state index in [1.807, 2.05) is 24.3 Å². The van der Waals surface area contributed by atoms with Crippen molar-refractivity contribution in [3.63, 3.8) is 0 Å². The largest absolute Gasteiger partial charge is 0.493 e. The number of para-hydroxylation sites is 2. The predicted molar refractivity (Wildman–Crippen MR) is 76.2 cm³/mol. The molecule has 0 aromatic heterocycles. The van der Waals surface area contributed by atoms with E-state index in [0.717, 1.165) is 0 Å². The Hall–Kier alpha value is -1.58. The van der Waals surface area contributed by atoms with Crippen molar-refractivity contribution >= 4 is 29.7 Å². The Kier molecular flexibility index (Phi) is 5.13. The third kappa shape index (κ3) is 3.22. The van der Waals surface area contributed by atoms with Crippen molar-refractivity contribution in [1.82, 2.24) is 0 Å². The quantitative estimate of drug-likeness (QED) is 0.862. The summed E-state index contributed by atoms with van der Waals surface area (Å²) in [4.78, 5) is 0. The molecule has 2 rings (SSSR count). The molecule has 2 aromatic carbocycles. The van der Waals surface area contributed by atoms with Crippen LogP contribution in [0.25, 0.3) is 0 Å². The first-order valence-electron chi connectivity index (χ1n) is 5.06. The highest BCUT2D eigenvalue weighted by atomic mass is 35.5. The lowest BCUT2D eigenvalue weighted by Gasteiger charge is -2.11. The van der Waals surface area contributed by atoms with E-state index in [2.05, 4.69) is 0 Å². The molecule has 0 heterocycles. The van der Waals surface area contributed by atoms with Gasteiger partial charge in [-0.1, -0.05) is 23.7 Å². The van der Waals surface area contributed by atoms with Gasteiger partial charge in [-0.15, -0.1) is 12.4 Å². The molecule has 0 fully saturated rings. The molecule has 0 aliphatic carbocycles. The molecule has 0 spiro atoms. The second-order valence-electron chi connectivity index (χ2n) is 3.44. The lowest BCUT2D eigenvalue weighted by atomic mass is 10.3. The molecule has 0 aliphatic rings. The third-order valence-corrected chi connectivity index (χ3v) is 2.50. The maximum atomic E-state index is 5.82. The third-order valence-electron chi connectivity index (χ3n) is 2.26. The van der Waals surface area contributed by atoms with Gasteiger partial charge < -0.3 is 15.2 Å². The van der Waals surface area contributed by atoms with Gasteiger partial charge >= 0.3 is 0 Å². The average Bonchev–Trinajstić information content (AvgIpc) is 2.33. The van der Waals surface area contributed by atoms with Crippen molar-refractivity contribution in [2.24, 2.45) is 0 Å². The molecule has 0 bridgehead atoms. The van der Waals surface area contributed by atoms with Gasteiger partial charge in [-0.3, -0.25) is 0 Å². The zero-order valence-electron chi connectivity index (χ0n) is 9.72. The van der Waals surface area contributed by atoms with Gasteiger partial charge in [0.05, 0.1) is 12.8 Å². The first-order chi connectivity index (χ1) is 8.20. The summed E-state index contributed by atoms with van der Waals surface area (Å²) in [6, 6.07) is 12.5. The molecule has 3 nitrogen and oxygen atoms in total. The molecular weight excluding hydrogens is 273 g/mol. The van der Waals surface area contributed by atoms with Gasteiger partial charge in [0.1, 0.15) is 0 Å². The van der Waals surface area contributed by atoms with Crippen LogP contribution in [0.3, 0.4) is 0 Å². The van der Waals surface area contributed by atoms with Gasteiger partial charge in [-0.2, -0.15) is 0 Å². The highest BCUT2D eigenvalue weighted by Crippen LogP contribution is 2.34. The fourth-order valence-corrected chi connectivity index (χ4v) is 1.61. The van der Waals surface area contributed by atoms with E-state index in [1.54, 1.807) is 25.3 Å². The maximum Gasteiger partial charge on any atom is 0.169 e. The molecule has 0 amide bonds. The van der Waals surface area contributed by atoms with Gasteiger partial charge in [-0.05, 0) is 30.3 Å². The topological polar surface area (TPSA) is 44.5 Å². The van der Waals surface area contributed by atoms with Crippen LogP contribution in [-0.4, -0.2) is 7.11 Å². The first kappa shape index (κ1) is 14.5. The number of methoxy groups -OCH3 is 1. The van der Waals surface area contributed by atoms with Crippen LogP contribution in [0.15, 0.2) is 42.5 Å². The van der Waals surface area contributed by atoms with Crippen molar-refractivity contribution < 1.29 is 9.47 Å². The minimum Gasteiger partial charge on any atom is -0.493 e. The van der Waals surface area contributed by atoms with Gasteiger partial charge in [0.25, 0.3) is 0 Å². The van der Waals surface area contributed by atoms with Gasteiger partial charge in [0.2, 0.25) is 0 Å². The van der Waals surface area contributed by atoms with E-state index in [9.17, 15) is 0 Å². The van der Waals surface area contributed by atoms with Crippen LogP contribution in [0.1, 0.15) is 0 Å². The Morgan fingerprint density at radius 2 is 1.67 bits per heavy atom. The Labute approximate surface area is 117 Å². The maximum absolute atomic E-state index is 5.82. The van der Waals surface area contributed by atoms with E-state index in [0.29, 0.717) is 28.0 Å². The second-order valence-corrected chi connectivity index (χ2v) is 3.87. The van der Waals surface area contributed by atoms with E-state index in [1.165, 1.54) is 0 Å². The van der Waals surface area contributed by atoms with Crippen LogP contribution in [0.4, 0.5) is 5.69 Å². The van der Waals surface area contributed by atoms with Crippen LogP contribution in [-0.2, 0) is 0 Å². The molecule has 0 aliphatic heterocycles. The molecule has 96 valence electrons. The number of anilines is 1. The molecule has 2 aromatic rings. The molecule has 0 saturated carbocycles. The molecule has 0 atom stereocenters. The zero-order valence-corrected chi connectivity index (χ0v) is 11.3. The number of hydrogen-bond donors (Lipinski definition) is 1. The SMILES string of the molecule is COc1ccccc1Oc1ccc(Cl)cc1N.Cl. The molecule has 2 N–H and O–H groups in total. The van der Waals surface area contributed by atoms with E-state index >= 15 is 0 Å². The number of ether oxygens (including phenoxy) is 2. The van der Waals surface area contributed by atoms with Crippen molar-refractivity contribution in [1.29, 1.82) is 0 Å². The predicted octanol–water partition coefficient (Wildman–Crippen LogP) is 4.14. The number of nitrogen functional groups attached to an aromatic ring is 1. The molecule has 0 unspecified atom stereocenters. The standard InChI is InChI=1S/C13H12ClNO2.ClH/c1-16-12-4-2-3-5-13(12)17-11-7-6-9(14)8-10(11)15;/h2-8H,15H2,1H3;1H. The molecular formula is C13H13Cl2NO2. The van der Waals surface area contributed by atoms with Crippen LogP contribution >= 0.6 is 24.0 Å².